The fraction of sp³-hybridized carbons (Fsp3) is 0.533. The van der Waals surface area contributed by atoms with E-state index in [2.05, 4.69) is 10.6 Å². The molecule has 6 nitrogen and oxygen atoms in total. The number of anilines is 1. The highest BCUT2D eigenvalue weighted by atomic mass is 35.6. The number of amides is 1. The zero-order chi connectivity index (χ0) is 19.4. The first kappa shape index (κ1) is 22.0. The second-order valence-electron chi connectivity index (χ2n) is 5.08. The monoisotopic (exact) mass is 428 g/mol. The lowest BCUT2D eigenvalue weighted by Gasteiger charge is -2.27. The Balaban J connectivity index is 3.33. The van der Waals surface area contributed by atoms with Gasteiger partial charge in [-0.2, -0.15) is 0 Å². The minimum Gasteiger partial charge on any atom is -0.462 e. The molecule has 0 spiro atoms. The molecule has 1 aromatic heterocycles. The van der Waals surface area contributed by atoms with Crippen LogP contribution in [0.1, 0.15) is 52.8 Å². The Labute approximate surface area is 165 Å². The summed E-state index contributed by atoms with van der Waals surface area (Å²) in [4.78, 5) is 36.2. The van der Waals surface area contributed by atoms with Crippen molar-refractivity contribution in [2.24, 2.45) is 0 Å². The molecule has 2 N–H and O–H groups in total. The predicted molar refractivity (Wildman–Crippen MR) is 101 cm³/mol. The Morgan fingerprint density at radius 2 is 1.84 bits per heavy atom. The molecule has 10 heteroatoms. The van der Waals surface area contributed by atoms with E-state index in [1.807, 2.05) is 0 Å². The molecule has 140 valence electrons. The highest BCUT2D eigenvalue weighted by molar-refractivity contribution is 7.18. The second kappa shape index (κ2) is 9.07. The molecule has 0 bridgehead atoms. The minimum absolute atomic E-state index is 0.170. The number of halogens is 3. The van der Waals surface area contributed by atoms with Crippen LogP contribution in [0.15, 0.2) is 0 Å². The number of ether oxygens (including phenoxy) is 1. The van der Waals surface area contributed by atoms with Crippen molar-refractivity contribution in [3.63, 3.8) is 0 Å². The zero-order valence-corrected chi connectivity index (χ0v) is 17.3. The third kappa shape index (κ3) is 5.74. The second-order valence-corrected chi connectivity index (χ2v) is 8.47. The fourth-order valence-electron chi connectivity index (χ4n) is 1.99. The summed E-state index contributed by atoms with van der Waals surface area (Å²) in [5.41, 5.74) is 0.658. The largest absolute Gasteiger partial charge is 0.462 e. The average molecular weight is 430 g/mol. The van der Waals surface area contributed by atoms with Crippen molar-refractivity contribution < 1.29 is 19.1 Å². The third-order valence-corrected chi connectivity index (χ3v) is 5.15. The SMILES string of the molecule is CCOC(=O)c1c(N[C@H](NC(=O)CC)C(Cl)(Cl)Cl)sc(C(C)=O)c1C. The number of esters is 1. The van der Waals surface area contributed by atoms with Gasteiger partial charge in [0.15, 0.2) is 5.78 Å². The number of thiophene rings is 1. The number of carbonyl (C=O) groups excluding carboxylic acids is 3. The van der Waals surface area contributed by atoms with Crippen molar-refractivity contribution in [2.45, 2.75) is 44.1 Å². The molecule has 0 unspecified atom stereocenters. The highest BCUT2D eigenvalue weighted by Crippen LogP contribution is 2.37. The van der Waals surface area contributed by atoms with E-state index < -0.39 is 15.9 Å². The van der Waals surface area contributed by atoms with Gasteiger partial charge in [-0.25, -0.2) is 4.79 Å². The van der Waals surface area contributed by atoms with Crippen molar-refractivity contribution in [2.75, 3.05) is 11.9 Å². The van der Waals surface area contributed by atoms with Crippen LogP contribution < -0.4 is 10.6 Å². The normalized spacial score (nSPS) is 12.4. The molecule has 0 aliphatic heterocycles. The van der Waals surface area contributed by atoms with Crippen LogP contribution in [-0.4, -0.2) is 34.2 Å². The predicted octanol–water partition coefficient (Wildman–Crippen LogP) is 4.07. The van der Waals surface area contributed by atoms with Gasteiger partial charge in [-0.1, -0.05) is 41.7 Å². The Kier molecular flexibility index (Phi) is 7.99. The topological polar surface area (TPSA) is 84.5 Å². The molecule has 1 atom stereocenters. The van der Waals surface area contributed by atoms with Crippen LogP contribution in [0.5, 0.6) is 0 Å². The Morgan fingerprint density at radius 3 is 2.28 bits per heavy atom. The average Bonchev–Trinajstić information content (AvgIpc) is 2.82. The van der Waals surface area contributed by atoms with Gasteiger partial charge in [-0.05, 0) is 26.3 Å². The van der Waals surface area contributed by atoms with E-state index in [1.54, 1.807) is 20.8 Å². The van der Waals surface area contributed by atoms with Crippen molar-refractivity contribution in [3.8, 4) is 0 Å². The van der Waals surface area contributed by atoms with E-state index in [1.165, 1.54) is 6.92 Å². The number of ketones is 1. The van der Waals surface area contributed by atoms with Gasteiger partial charge in [-0.3, -0.25) is 9.59 Å². The molecule has 0 fully saturated rings. The lowest BCUT2D eigenvalue weighted by Crippen LogP contribution is -2.49. The van der Waals surface area contributed by atoms with Gasteiger partial charge in [0.1, 0.15) is 11.2 Å². The molecule has 0 aromatic carbocycles. The van der Waals surface area contributed by atoms with Gasteiger partial charge in [0.25, 0.3) is 0 Å². The van der Waals surface area contributed by atoms with Crippen LogP contribution in [0.25, 0.3) is 0 Å². The van der Waals surface area contributed by atoms with E-state index >= 15 is 0 Å². The van der Waals surface area contributed by atoms with E-state index in [0.717, 1.165) is 11.3 Å². The van der Waals surface area contributed by atoms with Crippen molar-refractivity contribution >= 4 is 68.8 Å². The Hall–Kier alpha value is -1.02. The van der Waals surface area contributed by atoms with E-state index in [0.29, 0.717) is 10.4 Å². The van der Waals surface area contributed by atoms with E-state index in [9.17, 15) is 14.4 Å². The van der Waals surface area contributed by atoms with Gasteiger partial charge in [0.05, 0.1) is 17.0 Å². The molecule has 1 amide bonds. The Morgan fingerprint density at radius 1 is 1.24 bits per heavy atom. The molecule has 1 aromatic rings. The van der Waals surface area contributed by atoms with Crippen molar-refractivity contribution in [1.82, 2.24) is 5.32 Å². The molecule has 1 heterocycles. The van der Waals surface area contributed by atoms with Crippen molar-refractivity contribution in [1.29, 1.82) is 0 Å². The first-order valence-corrected chi connectivity index (χ1v) is 9.41. The van der Waals surface area contributed by atoms with Gasteiger partial charge in [0, 0.05) is 6.42 Å². The van der Waals surface area contributed by atoms with Gasteiger partial charge < -0.3 is 15.4 Å². The maximum Gasteiger partial charge on any atom is 0.341 e. The van der Waals surface area contributed by atoms with Crippen LogP contribution in [0, 0.1) is 6.92 Å². The molecule has 0 aliphatic rings. The minimum atomic E-state index is -1.88. The number of rotatable bonds is 7. The first-order valence-electron chi connectivity index (χ1n) is 7.46. The molecule has 0 saturated heterocycles. The number of alkyl halides is 3. The van der Waals surface area contributed by atoms with Crippen LogP contribution in [0.2, 0.25) is 0 Å². The lowest BCUT2D eigenvalue weighted by atomic mass is 10.1. The summed E-state index contributed by atoms with van der Waals surface area (Å²) in [6, 6.07) is 0. The molecular weight excluding hydrogens is 411 g/mol. The summed E-state index contributed by atoms with van der Waals surface area (Å²) in [6.45, 7) is 6.52. The summed E-state index contributed by atoms with van der Waals surface area (Å²) in [5, 5.41) is 5.67. The van der Waals surface area contributed by atoms with Gasteiger partial charge in [-0.15, -0.1) is 11.3 Å². The van der Waals surface area contributed by atoms with Gasteiger partial charge >= 0.3 is 5.97 Å². The summed E-state index contributed by atoms with van der Waals surface area (Å²) in [7, 11) is 0. The van der Waals surface area contributed by atoms with Crippen LogP contribution in [-0.2, 0) is 9.53 Å². The van der Waals surface area contributed by atoms with E-state index in [4.69, 9.17) is 39.5 Å². The number of Topliss-reactive ketones (excluding diaryl/α,β-unsaturated/α-hetero) is 1. The number of carbonyl (C=O) groups is 3. The van der Waals surface area contributed by atoms with Crippen molar-refractivity contribution in [3.05, 3.63) is 16.0 Å². The van der Waals surface area contributed by atoms with Crippen LogP contribution in [0.3, 0.4) is 0 Å². The first-order chi connectivity index (χ1) is 11.5. The highest BCUT2D eigenvalue weighted by Gasteiger charge is 2.36. The van der Waals surface area contributed by atoms with E-state index in [-0.39, 0.29) is 35.3 Å². The molecule has 0 radical (unpaired) electrons. The third-order valence-electron chi connectivity index (χ3n) is 3.18. The van der Waals surface area contributed by atoms with Crippen LogP contribution in [0.4, 0.5) is 5.00 Å². The standard InChI is InChI=1S/C15H19Cl3N2O4S/c1-5-9(22)19-14(15(16,17)18)20-12-10(13(23)24-6-2)7(3)11(25-12)8(4)21/h14,20H,5-6H2,1-4H3,(H,19,22)/t14-/m0/s1. The summed E-state index contributed by atoms with van der Waals surface area (Å²) in [5.74, 6) is -1.15. The fourth-order valence-corrected chi connectivity index (χ4v) is 3.44. The molecular formula is C15H19Cl3N2O4S. The molecule has 1 rings (SSSR count). The molecule has 25 heavy (non-hydrogen) atoms. The maximum absolute atomic E-state index is 12.3. The zero-order valence-electron chi connectivity index (χ0n) is 14.2. The lowest BCUT2D eigenvalue weighted by molar-refractivity contribution is -0.121. The number of hydrogen-bond donors (Lipinski definition) is 2. The summed E-state index contributed by atoms with van der Waals surface area (Å²) >= 11 is 18.8. The van der Waals surface area contributed by atoms with Gasteiger partial charge in [0.2, 0.25) is 9.70 Å². The Bertz CT molecular complexity index is 670. The quantitative estimate of drug-likeness (QED) is 0.295. The maximum atomic E-state index is 12.3. The smallest absolute Gasteiger partial charge is 0.341 e. The summed E-state index contributed by atoms with van der Waals surface area (Å²) in [6.07, 6.45) is -0.915. The summed E-state index contributed by atoms with van der Waals surface area (Å²) < 4.78 is 3.16. The number of nitrogens with one attached hydrogen (secondary N) is 2. The van der Waals surface area contributed by atoms with Crippen LogP contribution >= 0.6 is 46.1 Å². The number of hydrogen-bond acceptors (Lipinski definition) is 6. The molecule has 0 aliphatic carbocycles. The molecule has 0 saturated carbocycles.